The predicted octanol–water partition coefficient (Wildman–Crippen LogP) is 3.27. The van der Waals surface area contributed by atoms with Gasteiger partial charge in [-0.3, -0.25) is 9.78 Å². The van der Waals surface area contributed by atoms with Crippen molar-refractivity contribution in [3.05, 3.63) is 63.4 Å². The summed E-state index contributed by atoms with van der Waals surface area (Å²) in [5.41, 5.74) is 7.48. The molecule has 2 aromatic rings. The van der Waals surface area contributed by atoms with E-state index in [1.54, 1.807) is 36.5 Å². The molecule has 0 radical (unpaired) electrons. The van der Waals surface area contributed by atoms with Gasteiger partial charge in [0.25, 0.3) is 0 Å². The van der Waals surface area contributed by atoms with Crippen LogP contribution in [-0.4, -0.2) is 10.8 Å². The first-order chi connectivity index (χ1) is 9.11. The summed E-state index contributed by atoms with van der Waals surface area (Å²) >= 11 is 12.0. The molecule has 1 heterocycles. The topological polar surface area (TPSA) is 56.0 Å². The molecule has 3 nitrogen and oxygen atoms in total. The number of Topliss-reactive ketones (excluding diaryl/α,β-unsaturated/α-hetero) is 1. The molecule has 0 atom stereocenters. The average Bonchev–Trinajstić information content (AvgIpc) is 2.44. The van der Waals surface area contributed by atoms with Crippen LogP contribution in [0, 0.1) is 0 Å². The second-order valence-corrected chi connectivity index (χ2v) is 4.84. The van der Waals surface area contributed by atoms with Crippen LogP contribution in [0.5, 0.6) is 0 Å². The molecule has 0 spiro atoms. The van der Waals surface area contributed by atoms with Gasteiger partial charge in [0.15, 0.2) is 5.78 Å². The molecule has 0 amide bonds. The first-order valence-electron chi connectivity index (χ1n) is 5.73. The first-order valence-corrected chi connectivity index (χ1v) is 6.48. The monoisotopic (exact) mass is 294 g/mol. The normalized spacial score (nSPS) is 10.5. The molecule has 98 valence electrons. The van der Waals surface area contributed by atoms with Crippen molar-refractivity contribution < 1.29 is 4.79 Å². The zero-order chi connectivity index (χ0) is 13.8. The van der Waals surface area contributed by atoms with Crippen molar-refractivity contribution in [1.82, 2.24) is 4.98 Å². The van der Waals surface area contributed by atoms with Crippen LogP contribution >= 0.6 is 23.2 Å². The maximum atomic E-state index is 12.2. The second-order valence-electron chi connectivity index (χ2n) is 4.05. The van der Waals surface area contributed by atoms with E-state index in [4.69, 9.17) is 28.9 Å². The molecule has 2 N–H and O–H groups in total. The maximum absolute atomic E-state index is 12.2. The van der Waals surface area contributed by atoms with Gasteiger partial charge in [-0.15, -0.1) is 0 Å². The van der Waals surface area contributed by atoms with Gasteiger partial charge in [-0.25, -0.2) is 0 Å². The molecule has 2 rings (SSSR count). The van der Waals surface area contributed by atoms with Crippen molar-refractivity contribution in [2.24, 2.45) is 5.73 Å². The summed E-state index contributed by atoms with van der Waals surface area (Å²) in [6.45, 7) is 0.305. The number of hydrogen-bond donors (Lipinski definition) is 1. The Morgan fingerprint density at radius 2 is 2.05 bits per heavy atom. The highest BCUT2D eigenvalue weighted by atomic mass is 35.5. The molecule has 19 heavy (non-hydrogen) atoms. The molecule has 0 aliphatic rings. The van der Waals surface area contributed by atoms with Crippen molar-refractivity contribution >= 4 is 29.0 Å². The molecule has 0 fully saturated rings. The highest BCUT2D eigenvalue weighted by Crippen LogP contribution is 2.26. The fourth-order valence-electron chi connectivity index (χ4n) is 1.72. The molecule has 0 saturated heterocycles. The number of hydrogen-bond acceptors (Lipinski definition) is 3. The quantitative estimate of drug-likeness (QED) is 0.881. The minimum atomic E-state index is -0.0405. The molecular formula is C14H12Cl2N2O. The van der Waals surface area contributed by atoms with E-state index in [1.165, 1.54) is 0 Å². The number of nitrogens with zero attached hydrogens (tertiary/aromatic N) is 1. The van der Waals surface area contributed by atoms with Crippen LogP contribution in [0.3, 0.4) is 0 Å². The highest BCUT2D eigenvalue weighted by molar-refractivity contribution is 6.42. The molecule has 0 bridgehead atoms. The molecule has 0 aliphatic carbocycles. The van der Waals surface area contributed by atoms with Gasteiger partial charge in [-0.05, 0) is 23.8 Å². The summed E-state index contributed by atoms with van der Waals surface area (Å²) in [7, 11) is 0. The summed E-state index contributed by atoms with van der Waals surface area (Å²) in [5.74, 6) is -0.0405. The van der Waals surface area contributed by atoms with E-state index in [-0.39, 0.29) is 12.2 Å². The first kappa shape index (κ1) is 14.0. The fraction of sp³-hybridized carbons (Fsp3) is 0.143. The zero-order valence-electron chi connectivity index (χ0n) is 10.1. The third-order valence-corrected chi connectivity index (χ3v) is 3.59. The molecule has 1 aromatic carbocycles. The van der Waals surface area contributed by atoms with Crippen LogP contribution in [0.4, 0.5) is 0 Å². The lowest BCUT2D eigenvalue weighted by Gasteiger charge is -2.06. The van der Waals surface area contributed by atoms with Gasteiger partial charge in [0, 0.05) is 24.7 Å². The Bertz CT molecular complexity index is 614. The molecular weight excluding hydrogens is 283 g/mol. The SMILES string of the molecule is NCc1cc(C(=O)Cc2cccc(Cl)c2Cl)ccn1. The van der Waals surface area contributed by atoms with Crippen molar-refractivity contribution in [2.75, 3.05) is 0 Å². The van der Waals surface area contributed by atoms with Crippen molar-refractivity contribution in [1.29, 1.82) is 0 Å². The van der Waals surface area contributed by atoms with E-state index in [9.17, 15) is 4.79 Å². The van der Waals surface area contributed by atoms with Gasteiger partial charge in [0.05, 0.1) is 15.7 Å². The van der Waals surface area contributed by atoms with Crippen LogP contribution in [0.1, 0.15) is 21.6 Å². The number of halogens is 2. The van der Waals surface area contributed by atoms with Gasteiger partial charge in [-0.1, -0.05) is 35.3 Å². The van der Waals surface area contributed by atoms with Crippen LogP contribution in [0.15, 0.2) is 36.5 Å². The fourth-order valence-corrected chi connectivity index (χ4v) is 2.11. The maximum Gasteiger partial charge on any atom is 0.167 e. The van der Waals surface area contributed by atoms with Crippen LogP contribution in [-0.2, 0) is 13.0 Å². The Labute approximate surface area is 121 Å². The van der Waals surface area contributed by atoms with E-state index < -0.39 is 0 Å². The number of benzene rings is 1. The molecule has 0 aliphatic heterocycles. The molecule has 1 aromatic heterocycles. The number of nitrogens with two attached hydrogens (primary N) is 1. The smallest absolute Gasteiger partial charge is 0.167 e. The van der Waals surface area contributed by atoms with Gasteiger partial charge in [0.1, 0.15) is 0 Å². The van der Waals surface area contributed by atoms with E-state index in [2.05, 4.69) is 4.98 Å². The van der Waals surface area contributed by atoms with Crippen molar-refractivity contribution in [2.45, 2.75) is 13.0 Å². The third kappa shape index (κ3) is 3.32. The number of carbonyl (C=O) groups excluding carboxylic acids is 1. The van der Waals surface area contributed by atoms with Gasteiger partial charge in [-0.2, -0.15) is 0 Å². The predicted molar refractivity (Wildman–Crippen MR) is 76.6 cm³/mol. The summed E-state index contributed by atoms with van der Waals surface area (Å²) < 4.78 is 0. The lowest BCUT2D eigenvalue weighted by atomic mass is 10.0. The Balaban J connectivity index is 2.23. The average molecular weight is 295 g/mol. The number of carbonyl (C=O) groups is 1. The summed E-state index contributed by atoms with van der Waals surface area (Å²) in [4.78, 5) is 16.2. The largest absolute Gasteiger partial charge is 0.325 e. The third-order valence-electron chi connectivity index (χ3n) is 2.73. The van der Waals surface area contributed by atoms with E-state index in [0.29, 0.717) is 33.4 Å². The Morgan fingerprint density at radius 1 is 1.26 bits per heavy atom. The standard InChI is InChI=1S/C14H12Cl2N2O/c15-12-3-1-2-10(14(12)16)7-13(19)9-4-5-18-11(6-9)8-17/h1-6H,7-8,17H2. The van der Waals surface area contributed by atoms with Crippen LogP contribution < -0.4 is 5.73 Å². The van der Waals surface area contributed by atoms with Crippen LogP contribution in [0.25, 0.3) is 0 Å². The zero-order valence-corrected chi connectivity index (χ0v) is 11.6. The molecule has 5 heteroatoms. The van der Waals surface area contributed by atoms with Crippen molar-refractivity contribution in [3.63, 3.8) is 0 Å². The van der Waals surface area contributed by atoms with Gasteiger partial charge < -0.3 is 5.73 Å². The van der Waals surface area contributed by atoms with E-state index in [1.807, 2.05) is 0 Å². The summed E-state index contributed by atoms with van der Waals surface area (Å²) in [6, 6.07) is 8.61. The Hall–Kier alpha value is -1.42. The Kier molecular flexibility index (Phi) is 4.53. The van der Waals surface area contributed by atoms with Crippen molar-refractivity contribution in [3.8, 4) is 0 Å². The van der Waals surface area contributed by atoms with E-state index in [0.717, 1.165) is 0 Å². The minimum Gasteiger partial charge on any atom is -0.325 e. The molecule has 0 saturated carbocycles. The van der Waals surface area contributed by atoms with Crippen LogP contribution in [0.2, 0.25) is 10.0 Å². The number of ketones is 1. The number of rotatable bonds is 4. The van der Waals surface area contributed by atoms with Gasteiger partial charge in [0.2, 0.25) is 0 Å². The summed E-state index contributed by atoms with van der Waals surface area (Å²) in [6.07, 6.45) is 1.78. The lowest BCUT2D eigenvalue weighted by Crippen LogP contribution is -2.07. The Morgan fingerprint density at radius 3 is 2.79 bits per heavy atom. The lowest BCUT2D eigenvalue weighted by molar-refractivity contribution is 0.0993. The second kappa shape index (κ2) is 6.15. The van der Waals surface area contributed by atoms with E-state index >= 15 is 0 Å². The number of aromatic nitrogens is 1. The summed E-state index contributed by atoms with van der Waals surface area (Å²) in [5, 5.41) is 0.870. The number of pyridine rings is 1. The molecule has 0 unspecified atom stereocenters. The highest BCUT2D eigenvalue weighted by Gasteiger charge is 2.11. The minimum absolute atomic E-state index is 0.0405. The van der Waals surface area contributed by atoms with Gasteiger partial charge >= 0.3 is 0 Å².